The predicted octanol–water partition coefficient (Wildman–Crippen LogP) is 0.248. The molecule has 0 heterocycles. The second kappa shape index (κ2) is 3.73. The van der Waals surface area contributed by atoms with Crippen LogP contribution in [0, 0.1) is 23.7 Å². The minimum absolute atomic E-state index is 0.0393. The van der Waals surface area contributed by atoms with Gasteiger partial charge < -0.3 is 11.1 Å². The van der Waals surface area contributed by atoms with Gasteiger partial charge in [-0.25, -0.2) is 0 Å². The molecule has 1 atom stereocenters. The van der Waals surface area contributed by atoms with E-state index in [9.17, 15) is 4.79 Å². The maximum atomic E-state index is 11.2. The average Bonchev–Trinajstić information content (AvgIpc) is 2.21. The first-order valence-electron chi connectivity index (χ1n) is 6.77. The second-order valence-electron chi connectivity index (χ2n) is 6.39. The smallest absolute Gasteiger partial charge is 0.275 e. The van der Waals surface area contributed by atoms with Gasteiger partial charge in [0.2, 0.25) is 0 Å². The molecule has 0 aromatic rings. The van der Waals surface area contributed by atoms with Crippen molar-refractivity contribution in [1.29, 1.82) is 0 Å². The molecule has 4 N–H and O–H groups in total. The molecule has 4 aliphatic carbocycles. The van der Waals surface area contributed by atoms with Crippen molar-refractivity contribution in [2.24, 2.45) is 29.4 Å². The van der Waals surface area contributed by atoms with E-state index in [0.717, 1.165) is 23.7 Å². The van der Waals surface area contributed by atoms with Crippen LogP contribution >= 0.6 is 0 Å². The summed E-state index contributed by atoms with van der Waals surface area (Å²) in [6.07, 6.45) is 7.16. The summed E-state index contributed by atoms with van der Waals surface area (Å²) >= 11 is 0. The van der Waals surface area contributed by atoms with Gasteiger partial charge in [0.1, 0.15) is 0 Å². The van der Waals surface area contributed by atoms with Crippen LogP contribution in [0.15, 0.2) is 0 Å². The Labute approximate surface area is 97.2 Å². The van der Waals surface area contributed by atoms with Gasteiger partial charge in [-0.3, -0.25) is 4.79 Å². The Morgan fingerprint density at radius 3 is 2.06 bits per heavy atom. The molecule has 0 aliphatic heterocycles. The standard InChI is InChI=1S/C13H22N2O/c1-7(13(14)16)15-12-10-3-8-2-9(5-10)6-11(12)4-8/h7-12,15H,2-6H2,1H3,(H2,14,16)/p+1/t7-,8?,9?,10?,11?,12?/m1/s1. The SMILES string of the molecule is C[C@@H]([NH2+]C1C2CC3CC(C2)CC1C3)C(N)=O. The van der Waals surface area contributed by atoms with Crippen molar-refractivity contribution in [2.75, 3.05) is 0 Å². The van der Waals surface area contributed by atoms with Gasteiger partial charge in [-0.15, -0.1) is 0 Å². The Balaban J connectivity index is 1.70. The lowest BCUT2D eigenvalue weighted by Crippen LogP contribution is -2.99. The fourth-order valence-corrected chi connectivity index (χ4v) is 4.71. The third-order valence-corrected chi connectivity index (χ3v) is 5.26. The summed E-state index contributed by atoms with van der Waals surface area (Å²) in [7, 11) is 0. The van der Waals surface area contributed by atoms with Crippen LogP contribution in [0.1, 0.15) is 39.0 Å². The van der Waals surface area contributed by atoms with Crippen molar-refractivity contribution in [2.45, 2.75) is 51.1 Å². The van der Waals surface area contributed by atoms with Crippen LogP contribution in [0.3, 0.4) is 0 Å². The maximum Gasteiger partial charge on any atom is 0.275 e. The van der Waals surface area contributed by atoms with E-state index in [2.05, 4.69) is 5.32 Å². The minimum Gasteiger partial charge on any atom is -0.365 e. The van der Waals surface area contributed by atoms with E-state index in [0.29, 0.717) is 6.04 Å². The zero-order chi connectivity index (χ0) is 11.3. The molecule has 0 saturated heterocycles. The molecule has 3 nitrogen and oxygen atoms in total. The lowest BCUT2D eigenvalue weighted by Gasteiger charge is -2.53. The van der Waals surface area contributed by atoms with Crippen molar-refractivity contribution in [1.82, 2.24) is 0 Å². The highest BCUT2D eigenvalue weighted by Crippen LogP contribution is 2.52. The molecular weight excluding hydrogens is 200 g/mol. The van der Waals surface area contributed by atoms with Gasteiger partial charge in [0, 0.05) is 11.8 Å². The van der Waals surface area contributed by atoms with Crippen LogP contribution in [0.5, 0.6) is 0 Å². The Morgan fingerprint density at radius 2 is 1.62 bits per heavy atom. The summed E-state index contributed by atoms with van der Waals surface area (Å²) in [6.45, 7) is 1.95. The Hall–Kier alpha value is -0.570. The number of nitrogens with two attached hydrogens (primary N) is 2. The molecular formula is C13H23N2O+. The fraction of sp³-hybridized carbons (Fsp3) is 0.923. The van der Waals surface area contributed by atoms with Crippen molar-refractivity contribution < 1.29 is 10.1 Å². The molecule has 0 radical (unpaired) electrons. The molecule has 4 aliphatic rings. The third-order valence-electron chi connectivity index (χ3n) is 5.26. The van der Waals surface area contributed by atoms with E-state index in [1.807, 2.05) is 6.92 Å². The molecule has 4 bridgehead atoms. The maximum absolute atomic E-state index is 11.2. The fourth-order valence-electron chi connectivity index (χ4n) is 4.71. The number of primary amides is 1. The number of carbonyl (C=O) groups excluding carboxylic acids is 1. The molecule has 90 valence electrons. The normalized spacial score (nSPS) is 46.9. The average molecular weight is 223 g/mol. The second-order valence-corrected chi connectivity index (χ2v) is 6.39. The van der Waals surface area contributed by atoms with Crippen molar-refractivity contribution in [3.63, 3.8) is 0 Å². The topological polar surface area (TPSA) is 59.7 Å². The third kappa shape index (κ3) is 1.65. The van der Waals surface area contributed by atoms with Gasteiger partial charge >= 0.3 is 0 Å². The van der Waals surface area contributed by atoms with E-state index >= 15 is 0 Å². The van der Waals surface area contributed by atoms with Gasteiger partial charge in [0.15, 0.2) is 6.04 Å². The summed E-state index contributed by atoms with van der Waals surface area (Å²) in [5.41, 5.74) is 5.37. The summed E-state index contributed by atoms with van der Waals surface area (Å²) in [4.78, 5) is 11.2. The Kier molecular flexibility index (Phi) is 2.46. The molecule has 0 spiro atoms. The zero-order valence-electron chi connectivity index (χ0n) is 10.1. The monoisotopic (exact) mass is 223 g/mol. The van der Waals surface area contributed by atoms with Gasteiger partial charge in [-0.2, -0.15) is 0 Å². The highest BCUT2D eigenvalue weighted by molar-refractivity contribution is 5.77. The highest BCUT2D eigenvalue weighted by Gasteiger charge is 2.50. The van der Waals surface area contributed by atoms with Crippen LogP contribution in [0.4, 0.5) is 0 Å². The van der Waals surface area contributed by atoms with Crippen LogP contribution < -0.4 is 11.1 Å². The van der Waals surface area contributed by atoms with Crippen LogP contribution in [0.2, 0.25) is 0 Å². The number of quaternary nitrogens is 1. The summed E-state index contributed by atoms with van der Waals surface area (Å²) in [6, 6.07) is 0.651. The van der Waals surface area contributed by atoms with Gasteiger partial charge in [0.25, 0.3) is 5.91 Å². The first-order chi connectivity index (χ1) is 7.63. The lowest BCUT2D eigenvalue weighted by atomic mass is 9.54. The van der Waals surface area contributed by atoms with E-state index < -0.39 is 0 Å². The van der Waals surface area contributed by atoms with Crippen molar-refractivity contribution in [3.05, 3.63) is 0 Å². The molecule has 16 heavy (non-hydrogen) atoms. The van der Waals surface area contributed by atoms with E-state index in [1.165, 1.54) is 32.1 Å². The lowest BCUT2D eigenvalue weighted by molar-refractivity contribution is -0.725. The molecule has 3 heteroatoms. The van der Waals surface area contributed by atoms with E-state index in [-0.39, 0.29) is 11.9 Å². The Bertz CT molecular complexity index is 274. The number of carbonyl (C=O) groups is 1. The first kappa shape index (κ1) is 10.6. The van der Waals surface area contributed by atoms with Crippen molar-refractivity contribution in [3.8, 4) is 0 Å². The largest absolute Gasteiger partial charge is 0.365 e. The van der Waals surface area contributed by atoms with Crippen LogP contribution in [-0.4, -0.2) is 18.0 Å². The zero-order valence-corrected chi connectivity index (χ0v) is 10.1. The summed E-state index contributed by atoms with van der Waals surface area (Å²) in [5, 5.41) is 2.27. The van der Waals surface area contributed by atoms with Crippen molar-refractivity contribution >= 4 is 5.91 Å². The number of amides is 1. The minimum atomic E-state index is -0.159. The quantitative estimate of drug-likeness (QED) is 0.708. The molecule has 4 rings (SSSR count). The number of rotatable bonds is 3. The van der Waals surface area contributed by atoms with Crippen LogP contribution in [-0.2, 0) is 4.79 Å². The molecule has 0 unspecified atom stereocenters. The highest BCUT2D eigenvalue weighted by atomic mass is 16.1. The number of hydrogen-bond acceptors (Lipinski definition) is 1. The predicted molar refractivity (Wildman–Crippen MR) is 61.4 cm³/mol. The Morgan fingerprint density at radius 1 is 1.12 bits per heavy atom. The molecule has 4 saturated carbocycles. The molecule has 0 aromatic heterocycles. The first-order valence-corrected chi connectivity index (χ1v) is 6.77. The summed E-state index contributed by atoms with van der Waals surface area (Å²) in [5.74, 6) is 3.61. The molecule has 1 amide bonds. The molecule has 0 aromatic carbocycles. The van der Waals surface area contributed by atoms with E-state index in [1.54, 1.807) is 0 Å². The van der Waals surface area contributed by atoms with Gasteiger partial charge in [-0.05, 0) is 50.9 Å². The van der Waals surface area contributed by atoms with Gasteiger partial charge in [0.05, 0.1) is 6.04 Å². The molecule has 4 fully saturated rings. The summed E-state index contributed by atoms with van der Waals surface area (Å²) < 4.78 is 0. The van der Waals surface area contributed by atoms with Gasteiger partial charge in [-0.1, -0.05) is 0 Å². The number of hydrogen-bond donors (Lipinski definition) is 2. The van der Waals surface area contributed by atoms with Crippen LogP contribution in [0.25, 0.3) is 0 Å². The van der Waals surface area contributed by atoms with E-state index in [4.69, 9.17) is 5.73 Å².